The van der Waals surface area contributed by atoms with E-state index >= 15 is 0 Å². The molecule has 2 fully saturated rings. The number of benzene rings is 1. The molecule has 0 aromatic heterocycles. The molecule has 0 bridgehead atoms. The van der Waals surface area contributed by atoms with Gasteiger partial charge in [0.15, 0.2) is 0 Å². The fourth-order valence-corrected chi connectivity index (χ4v) is 5.56. The van der Waals surface area contributed by atoms with Crippen molar-refractivity contribution in [3.8, 4) is 5.75 Å². The number of halogens is 3. The number of hydrogen-bond donors (Lipinski definition) is 0. The SMILES string of the molecule is CCCCC1CCC(c2ccc(OC(F)=C(F)F)cc2)(C2CCCCC2)CC1. The van der Waals surface area contributed by atoms with Crippen molar-refractivity contribution >= 4 is 0 Å². The normalized spacial score (nSPS) is 26.1. The molecule has 0 aliphatic heterocycles. The van der Waals surface area contributed by atoms with Crippen molar-refractivity contribution in [3.05, 3.63) is 41.9 Å². The van der Waals surface area contributed by atoms with Crippen LogP contribution in [0.15, 0.2) is 36.4 Å². The average molecular weight is 395 g/mol. The van der Waals surface area contributed by atoms with Gasteiger partial charge in [0.25, 0.3) is 0 Å². The standard InChI is InChI=1S/C24H33F3O/c1-2-3-7-18-14-16-24(17-15-18,19-8-5-4-6-9-19)20-10-12-21(13-11-20)28-23(27)22(25)26/h10-13,18-19H,2-9,14-17H2,1H3. The van der Waals surface area contributed by atoms with E-state index in [0.29, 0.717) is 5.92 Å². The Bertz CT molecular complexity index is 634. The minimum absolute atomic E-state index is 0.129. The molecule has 0 unspecified atom stereocenters. The van der Waals surface area contributed by atoms with E-state index in [4.69, 9.17) is 0 Å². The van der Waals surface area contributed by atoms with Crippen molar-refractivity contribution in [2.24, 2.45) is 11.8 Å². The van der Waals surface area contributed by atoms with Crippen molar-refractivity contribution in [2.45, 2.75) is 89.4 Å². The van der Waals surface area contributed by atoms with Gasteiger partial charge in [0.05, 0.1) is 0 Å². The minimum atomic E-state index is -2.42. The molecule has 2 aliphatic carbocycles. The van der Waals surface area contributed by atoms with Crippen molar-refractivity contribution in [3.63, 3.8) is 0 Å². The highest BCUT2D eigenvalue weighted by atomic mass is 19.3. The monoisotopic (exact) mass is 394 g/mol. The molecule has 1 nitrogen and oxygen atoms in total. The molecule has 2 aliphatic rings. The maximum atomic E-state index is 13.1. The van der Waals surface area contributed by atoms with E-state index in [9.17, 15) is 13.2 Å². The molecule has 0 radical (unpaired) electrons. The molecule has 0 spiro atoms. The molecule has 4 heteroatoms. The van der Waals surface area contributed by atoms with Gasteiger partial charge < -0.3 is 4.74 Å². The number of rotatable bonds is 7. The highest BCUT2D eigenvalue weighted by Gasteiger charge is 2.43. The van der Waals surface area contributed by atoms with Crippen molar-refractivity contribution in [2.75, 3.05) is 0 Å². The van der Waals surface area contributed by atoms with Gasteiger partial charge in [-0.15, -0.1) is 0 Å². The Kier molecular flexibility index (Phi) is 7.48. The van der Waals surface area contributed by atoms with E-state index in [1.54, 1.807) is 12.1 Å². The third-order valence-electron chi connectivity index (χ3n) is 7.14. The van der Waals surface area contributed by atoms with Gasteiger partial charge in [0, 0.05) is 0 Å². The van der Waals surface area contributed by atoms with Crippen LogP contribution in [-0.4, -0.2) is 0 Å². The first-order valence-corrected chi connectivity index (χ1v) is 11.0. The molecular formula is C24H33F3O. The summed E-state index contributed by atoms with van der Waals surface area (Å²) < 4.78 is 42.3. The molecule has 156 valence electrons. The smallest absolute Gasteiger partial charge is 0.344 e. The van der Waals surface area contributed by atoms with Gasteiger partial charge in [-0.25, -0.2) is 0 Å². The number of hydrogen-bond acceptors (Lipinski definition) is 1. The lowest BCUT2D eigenvalue weighted by Crippen LogP contribution is -2.40. The van der Waals surface area contributed by atoms with Gasteiger partial charge in [-0.05, 0) is 73.5 Å². The van der Waals surface area contributed by atoms with Gasteiger partial charge >= 0.3 is 12.1 Å². The van der Waals surface area contributed by atoms with E-state index in [1.807, 2.05) is 12.1 Å². The van der Waals surface area contributed by atoms with Crippen LogP contribution in [0.25, 0.3) is 0 Å². The molecule has 0 amide bonds. The molecule has 2 saturated carbocycles. The van der Waals surface area contributed by atoms with E-state index < -0.39 is 12.1 Å². The molecule has 0 saturated heterocycles. The molecule has 3 rings (SSSR count). The summed E-state index contributed by atoms with van der Waals surface area (Å²) in [5, 5.41) is 0. The van der Waals surface area contributed by atoms with Crippen molar-refractivity contribution in [1.82, 2.24) is 0 Å². The molecule has 1 aromatic carbocycles. The first-order valence-electron chi connectivity index (χ1n) is 11.0. The summed E-state index contributed by atoms with van der Waals surface area (Å²) in [6, 6.07) is 5.45. The van der Waals surface area contributed by atoms with Gasteiger partial charge in [0.1, 0.15) is 5.75 Å². The second-order valence-electron chi connectivity index (χ2n) is 8.74. The maximum absolute atomic E-state index is 13.1. The third-order valence-corrected chi connectivity index (χ3v) is 7.14. The van der Waals surface area contributed by atoms with Crippen LogP contribution in [0.4, 0.5) is 13.2 Å². The lowest BCUT2D eigenvalue weighted by molar-refractivity contribution is 0.120. The van der Waals surface area contributed by atoms with Crippen LogP contribution < -0.4 is 4.74 Å². The zero-order valence-electron chi connectivity index (χ0n) is 17.0. The van der Waals surface area contributed by atoms with E-state index in [2.05, 4.69) is 11.7 Å². The van der Waals surface area contributed by atoms with Crippen LogP contribution in [-0.2, 0) is 5.41 Å². The Hall–Kier alpha value is -1.45. The summed E-state index contributed by atoms with van der Waals surface area (Å²) >= 11 is 0. The fourth-order valence-electron chi connectivity index (χ4n) is 5.56. The van der Waals surface area contributed by atoms with Crippen LogP contribution in [0.5, 0.6) is 5.75 Å². The van der Waals surface area contributed by atoms with Crippen LogP contribution >= 0.6 is 0 Å². The van der Waals surface area contributed by atoms with Gasteiger partial charge in [-0.3, -0.25) is 0 Å². The quantitative estimate of drug-likeness (QED) is 0.423. The van der Waals surface area contributed by atoms with E-state index in [-0.39, 0.29) is 11.2 Å². The van der Waals surface area contributed by atoms with Crippen molar-refractivity contribution in [1.29, 1.82) is 0 Å². The Morgan fingerprint density at radius 2 is 1.61 bits per heavy atom. The second-order valence-corrected chi connectivity index (χ2v) is 8.74. The lowest BCUT2D eigenvalue weighted by atomic mass is 9.57. The Morgan fingerprint density at radius 3 is 2.18 bits per heavy atom. The minimum Gasteiger partial charge on any atom is -0.428 e. The predicted octanol–water partition coefficient (Wildman–Crippen LogP) is 8.30. The Labute approximate surface area is 167 Å². The summed E-state index contributed by atoms with van der Waals surface area (Å²) in [6.07, 6.45) is 13.0. The lowest BCUT2D eigenvalue weighted by Gasteiger charge is -2.48. The average Bonchev–Trinajstić information content (AvgIpc) is 2.74. The first kappa shape index (κ1) is 21.3. The molecule has 0 atom stereocenters. The first-order chi connectivity index (χ1) is 13.5. The van der Waals surface area contributed by atoms with Crippen LogP contribution in [0.3, 0.4) is 0 Å². The van der Waals surface area contributed by atoms with Crippen LogP contribution in [0.1, 0.15) is 89.5 Å². The van der Waals surface area contributed by atoms with Crippen LogP contribution in [0.2, 0.25) is 0 Å². The second kappa shape index (κ2) is 9.84. The third kappa shape index (κ3) is 4.93. The summed E-state index contributed by atoms with van der Waals surface area (Å²) in [6.45, 7) is 2.26. The van der Waals surface area contributed by atoms with E-state index in [0.717, 1.165) is 5.92 Å². The molecule has 28 heavy (non-hydrogen) atoms. The Morgan fingerprint density at radius 1 is 0.964 bits per heavy atom. The Balaban J connectivity index is 1.78. The highest BCUT2D eigenvalue weighted by molar-refractivity contribution is 5.34. The van der Waals surface area contributed by atoms with Gasteiger partial charge in [0.2, 0.25) is 0 Å². The maximum Gasteiger partial charge on any atom is 0.344 e. The van der Waals surface area contributed by atoms with E-state index in [1.165, 1.54) is 82.6 Å². The summed E-state index contributed by atoms with van der Waals surface area (Å²) in [5.41, 5.74) is 1.47. The molecule has 0 N–H and O–H groups in total. The topological polar surface area (TPSA) is 9.23 Å². The molecular weight excluding hydrogens is 361 g/mol. The number of unbranched alkanes of at least 4 members (excludes halogenated alkanes) is 1. The molecule has 1 aromatic rings. The number of ether oxygens (including phenoxy) is 1. The highest BCUT2D eigenvalue weighted by Crippen LogP contribution is 2.52. The summed E-state index contributed by atoms with van der Waals surface area (Å²) in [5.74, 6) is 1.66. The largest absolute Gasteiger partial charge is 0.428 e. The van der Waals surface area contributed by atoms with Gasteiger partial charge in [-0.1, -0.05) is 57.6 Å². The fraction of sp³-hybridized carbons (Fsp3) is 0.667. The van der Waals surface area contributed by atoms with Gasteiger partial charge in [-0.2, -0.15) is 13.2 Å². The zero-order chi connectivity index (χ0) is 20.0. The van der Waals surface area contributed by atoms with Crippen LogP contribution in [0, 0.1) is 11.8 Å². The van der Waals surface area contributed by atoms with Crippen molar-refractivity contribution < 1.29 is 17.9 Å². The zero-order valence-corrected chi connectivity index (χ0v) is 17.0. The predicted molar refractivity (Wildman–Crippen MR) is 107 cm³/mol. The summed E-state index contributed by atoms with van der Waals surface area (Å²) in [7, 11) is 0. The summed E-state index contributed by atoms with van der Waals surface area (Å²) in [4.78, 5) is 0. The molecule has 0 heterocycles.